The number of nitriles is 1. The summed E-state index contributed by atoms with van der Waals surface area (Å²) >= 11 is 5.90. The van der Waals surface area contributed by atoms with Crippen molar-refractivity contribution in [1.82, 2.24) is 4.90 Å². The van der Waals surface area contributed by atoms with Crippen molar-refractivity contribution in [1.29, 1.82) is 5.26 Å². The predicted octanol–water partition coefficient (Wildman–Crippen LogP) is 2.07. The minimum atomic E-state index is -0.517. The van der Waals surface area contributed by atoms with Crippen LogP contribution in [0.1, 0.15) is 24.4 Å². The predicted molar refractivity (Wildman–Crippen MR) is 68.3 cm³/mol. The lowest BCUT2D eigenvalue weighted by Gasteiger charge is -2.33. The van der Waals surface area contributed by atoms with Crippen LogP contribution in [0, 0.1) is 11.3 Å². The number of likely N-dealkylation sites (tertiary alicyclic amines) is 1. The third-order valence-corrected chi connectivity index (χ3v) is 3.51. The van der Waals surface area contributed by atoms with E-state index in [1.807, 2.05) is 4.90 Å². The van der Waals surface area contributed by atoms with Gasteiger partial charge in [-0.2, -0.15) is 5.26 Å². The molecule has 0 bridgehead atoms. The molecule has 0 saturated carbocycles. The Labute approximate surface area is 111 Å². The van der Waals surface area contributed by atoms with Gasteiger partial charge < -0.3 is 10.2 Å². The number of nitrogens with zero attached hydrogens (tertiary/aromatic N) is 2. The molecule has 0 aromatic heterocycles. The van der Waals surface area contributed by atoms with Gasteiger partial charge in [0.15, 0.2) is 0 Å². The second-order valence-corrected chi connectivity index (χ2v) is 4.94. The van der Waals surface area contributed by atoms with Crippen molar-refractivity contribution in [3.05, 3.63) is 28.8 Å². The minimum Gasteiger partial charge on any atom is -0.508 e. The van der Waals surface area contributed by atoms with Gasteiger partial charge in [-0.3, -0.25) is 4.90 Å². The molecule has 4 nitrogen and oxygen atoms in total. The van der Waals surface area contributed by atoms with Crippen LogP contribution in [-0.4, -0.2) is 34.3 Å². The number of aliphatic hydroxyl groups is 1. The van der Waals surface area contributed by atoms with Gasteiger partial charge in [0.05, 0.1) is 12.2 Å². The van der Waals surface area contributed by atoms with E-state index < -0.39 is 6.04 Å². The van der Waals surface area contributed by atoms with Gasteiger partial charge in [0.25, 0.3) is 0 Å². The average molecular weight is 267 g/mol. The number of hydrogen-bond acceptors (Lipinski definition) is 4. The molecule has 1 heterocycles. The largest absolute Gasteiger partial charge is 0.508 e. The normalized spacial score (nSPS) is 19.4. The molecular formula is C13H15ClN2O2. The smallest absolute Gasteiger partial charge is 0.127 e. The number of hydrogen-bond donors (Lipinski definition) is 2. The zero-order chi connectivity index (χ0) is 13.1. The van der Waals surface area contributed by atoms with Crippen LogP contribution >= 0.6 is 11.6 Å². The molecule has 1 aliphatic heterocycles. The van der Waals surface area contributed by atoms with Crippen molar-refractivity contribution < 1.29 is 10.2 Å². The van der Waals surface area contributed by atoms with E-state index in [1.165, 1.54) is 6.07 Å². The summed E-state index contributed by atoms with van der Waals surface area (Å²) in [4.78, 5) is 1.96. The summed E-state index contributed by atoms with van der Waals surface area (Å²) in [5.74, 6) is 0.0806. The van der Waals surface area contributed by atoms with E-state index >= 15 is 0 Å². The fourth-order valence-corrected chi connectivity index (χ4v) is 2.42. The van der Waals surface area contributed by atoms with E-state index in [-0.39, 0.29) is 11.9 Å². The molecule has 1 saturated heterocycles. The van der Waals surface area contributed by atoms with E-state index in [2.05, 4.69) is 6.07 Å². The van der Waals surface area contributed by atoms with Crippen molar-refractivity contribution >= 4 is 11.6 Å². The Morgan fingerprint density at radius 1 is 1.39 bits per heavy atom. The Hall–Kier alpha value is -1.28. The highest BCUT2D eigenvalue weighted by Gasteiger charge is 2.27. The molecular weight excluding hydrogens is 252 g/mol. The SMILES string of the molecule is N#CC(c1cc(Cl)ccc1O)N1CCC(O)CC1. The van der Waals surface area contributed by atoms with Gasteiger partial charge in [0.2, 0.25) is 0 Å². The van der Waals surface area contributed by atoms with Crippen molar-refractivity contribution in [2.75, 3.05) is 13.1 Å². The maximum Gasteiger partial charge on any atom is 0.127 e. The number of piperidine rings is 1. The summed E-state index contributed by atoms with van der Waals surface area (Å²) in [5, 5.41) is 29.1. The lowest BCUT2D eigenvalue weighted by Crippen LogP contribution is -2.38. The topological polar surface area (TPSA) is 67.5 Å². The fraction of sp³-hybridized carbons (Fsp3) is 0.462. The molecule has 0 radical (unpaired) electrons. The maximum atomic E-state index is 9.83. The van der Waals surface area contributed by atoms with Crippen molar-refractivity contribution in [2.24, 2.45) is 0 Å². The summed E-state index contributed by atoms with van der Waals surface area (Å²) < 4.78 is 0. The first-order valence-electron chi connectivity index (χ1n) is 5.92. The van der Waals surface area contributed by atoms with E-state index in [9.17, 15) is 15.5 Å². The molecule has 18 heavy (non-hydrogen) atoms. The number of aliphatic hydroxyl groups excluding tert-OH is 1. The lowest BCUT2D eigenvalue weighted by atomic mass is 10.0. The molecule has 0 aliphatic carbocycles. The van der Waals surface area contributed by atoms with Gasteiger partial charge in [-0.25, -0.2) is 0 Å². The number of rotatable bonds is 2. The zero-order valence-corrected chi connectivity index (χ0v) is 10.6. The van der Waals surface area contributed by atoms with Gasteiger partial charge in [-0.05, 0) is 31.0 Å². The third-order valence-electron chi connectivity index (χ3n) is 3.27. The Kier molecular flexibility index (Phi) is 4.07. The van der Waals surface area contributed by atoms with Gasteiger partial charge in [0.1, 0.15) is 11.8 Å². The molecule has 1 aromatic rings. The van der Waals surface area contributed by atoms with Gasteiger partial charge in [-0.1, -0.05) is 11.6 Å². The number of phenols is 1. The van der Waals surface area contributed by atoms with Crippen LogP contribution in [-0.2, 0) is 0 Å². The van der Waals surface area contributed by atoms with E-state index in [1.54, 1.807) is 12.1 Å². The highest BCUT2D eigenvalue weighted by molar-refractivity contribution is 6.30. The molecule has 1 aliphatic rings. The molecule has 2 rings (SSSR count). The second-order valence-electron chi connectivity index (χ2n) is 4.50. The van der Waals surface area contributed by atoms with Crippen molar-refractivity contribution in [2.45, 2.75) is 25.0 Å². The first-order valence-corrected chi connectivity index (χ1v) is 6.29. The van der Waals surface area contributed by atoms with Gasteiger partial charge in [0, 0.05) is 23.7 Å². The highest BCUT2D eigenvalue weighted by atomic mass is 35.5. The van der Waals surface area contributed by atoms with E-state index in [0.29, 0.717) is 36.5 Å². The lowest BCUT2D eigenvalue weighted by molar-refractivity contribution is 0.0712. The molecule has 1 atom stereocenters. The molecule has 5 heteroatoms. The molecule has 1 unspecified atom stereocenters. The number of halogens is 1. The summed E-state index contributed by atoms with van der Waals surface area (Å²) in [6, 6.07) is 6.39. The summed E-state index contributed by atoms with van der Waals surface area (Å²) in [5.41, 5.74) is 0.529. The van der Waals surface area contributed by atoms with Gasteiger partial charge in [-0.15, -0.1) is 0 Å². The monoisotopic (exact) mass is 266 g/mol. The number of phenolic OH excluding ortho intramolecular Hbond substituents is 1. The zero-order valence-electron chi connectivity index (χ0n) is 9.88. The first-order chi connectivity index (χ1) is 8.61. The van der Waals surface area contributed by atoms with Crippen molar-refractivity contribution in [3.8, 4) is 11.8 Å². The van der Waals surface area contributed by atoms with Crippen LogP contribution in [0.25, 0.3) is 0 Å². The average Bonchev–Trinajstić information content (AvgIpc) is 2.37. The van der Waals surface area contributed by atoms with E-state index in [4.69, 9.17) is 11.6 Å². The summed E-state index contributed by atoms with van der Waals surface area (Å²) in [6.07, 6.45) is 1.02. The number of aromatic hydroxyl groups is 1. The molecule has 0 spiro atoms. The Morgan fingerprint density at radius 3 is 2.67 bits per heavy atom. The minimum absolute atomic E-state index is 0.0806. The van der Waals surface area contributed by atoms with E-state index in [0.717, 1.165) is 0 Å². The third kappa shape index (κ3) is 2.75. The van der Waals surface area contributed by atoms with Crippen LogP contribution in [0.5, 0.6) is 5.75 Å². The number of benzene rings is 1. The van der Waals surface area contributed by atoms with Crippen LogP contribution in [0.3, 0.4) is 0 Å². The quantitative estimate of drug-likeness (QED) is 0.860. The Bertz CT molecular complexity index is 465. The Balaban J connectivity index is 2.23. The Morgan fingerprint density at radius 2 is 2.06 bits per heavy atom. The van der Waals surface area contributed by atoms with Gasteiger partial charge >= 0.3 is 0 Å². The summed E-state index contributed by atoms with van der Waals surface area (Å²) in [7, 11) is 0. The molecule has 0 amide bonds. The highest BCUT2D eigenvalue weighted by Crippen LogP contribution is 2.32. The molecule has 96 valence electrons. The van der Waals surface area contributed by atoms with Crippen molar-refractivity contribution in [3.63, 3.8) is 0 Å². The summed E-state index contributed by atoms with van der Waals surface area (Å²) in [6.45, 7) is 1.29. The molecule has 2 N–H and O–H groups in total. The molecule has 1 fully saturated rings. The fourth-order valence-electron chi connectivity index (χ4n) is 2.24. The molecule has 1 aromatic carbocycles. The van der Waals surface area contributed by atoms with Crippen LogP contribution < -0.4 is 0 Å². The second kappa shape index (κ2) is 5.57. The maximum absolute atomic E-state index is 9.83. The first kappa shape index (κ1) is 13.2. The standard InChI is InChI=1S/C13H15ClN2O2/c14-9-1-2-13(18)11(7-9)12(8-15)16-5-3-10(17)4-6-16/h1-2,7,10,12,17-18H,3-6H2. The van der Waals surface area contributed by atoms with Crippen LogP contribution in [0.15, 0.2) is 18.2 Å². The van der Waals surface area contributed by atoms with Crippen LogP contribution in [0.2, 0.25) is 5.02 Å². The van der Waals surface area contributed by atoms with Crippen LogP contribution in [0.4, 0.5) is 0 Å².